The molecule has 0 aliphatic rings. The van der Waals surface area contributed by atoms with Gasteiger partial charge in [-0.25, -0.2) is 4.98 Å². The fourth-order valence-electron chi connectivity index (χ4n) is 2.30. The van der Waals surface area contributed by atoms with Crippen LogP contribution in [0.2, 0.25) is 0 Å². The lowest BCUT2D eigenvalue weighted by Gasteiger charge is -2.16. The first-order valence-electron chi connectivity index (χ1n) is 6.50. The van der Waals surface area contributed by atoms with Crippen molar-refractivity contribution in [2.24, 2.45) is 5.73 Å². The number of aromatic nitrogens is 2. The fourth-order valence-corrected chi connectivity index (χ4v) is 2.30. The van der Waals surface area contributed by atoms with Gasteiger partial charge in [-0.3, -0.25) is 0 Å². The first-order valence-corrected chi connectivity index (χ1v) is 6.50. The van der Waals surface area contributed by atoms with Crippen molar-refractivity contribution in [1.29, 1.82) is 0 Å². The molecule has 0 amide bonds. The van der Waals surface area contributed by atoms with Crippen LogP contribution >= 0.6 is 0 Å². The summed E-state index contributed by atoms with van der Waals surface area (Å²) in [5, 5.41) is 9.05. The van der Waals surface area contributed by atoms with Gasteiger partial charge in [-0.2, -0.15) is 0 Å². The van der Waals surface area contributed by atoms with Crippen LogP contribution in [0, 0.1) is 0 Å². The van der Waals surface area contributed by atoms with E-state index in [4.69, 9.17) is 15.6 Å². The van der Waals surface area contributed by atoms with Crippen LogP contribution in [0.25, 0.3) is 11.0 Å². The second-order valence-electron chi connectivity index (χ2n) is 4.91. The van der Waals surface area contributed by atoms with Crippen molar-refractivity contribution in [2.45, 2.75) is 32.4 Å². The average Bonchev–Trinajstić information content (AvgIpc) is 2.77. The zero-order chi connectivity index (χ0) is 14.0. The lowest BCUT2D eigenvalue weighted by atomic mass is 10.2. The number of hydrogen-bond acceptors (Lipinski definition) is 4. The van der Waals surface area contributed by atoms with Crippen LogP contribution in [-0.4, -0.2) is 28.4 Å². The first kappa shape index (κ1) is 13.8. The highest BCUT2D eigenvalue weighted by Gasteiger charge is 2.18. The van der Waals surface area contributed by atoms with Crippen LogP contribution in [0.15, 0.2) is 18.2 Å². The number of methoxy groups -OCH3 is 1. The molecule has 0 saturated carbocycles. The van der Waals surface area contributed by atoms with Crippen LogP contribution in [0.1, 0.15) is 38.2 Å². The van der Waals surface area contributed by atoms with Gasteiger partial charge in [0.15, 0.2) is 0 Å². The lowest BCUT2D eigenvalue weighted by Crippen LogP contribution is -2.19. The van der Waals surface area contributed by atoms with Gasteiger partial charge in [0.2, 0.25) is 0 Å². The summed E-state index contributed by atoms with van der Waals surface area (Å²) in [6.45, 7) is 4.26. The molecule has 1 aromatic carbocycles. The molecule has 0 radical (unpaired) electrons. The molecule has 0 aliphatic carbocycles. The van der Waals surface area contributed by atoms with Crippen molar-refractivity contribution in [2.75, 3.05) is 13.7 Å². The zero-order valence-electron chi connectivity index (χ0n) is 11.6. The minimum Gasteiger partial charge on any atom is -0.497 e. The third-order valence-electron chi connectivity index (χ3n) is 3.21. The van der Waals surface area contributed by atoms with Gasteiger partial charge in [-0.15, -0.1) is 0 Å². The summed E-state index contributed by atoms with van der Waals surface area (Å²) in [7, 11) is 1.64. The predicted molar refractivity (Wildman–Crippen MR) is 75.3 cm³/mol. The van der Waals surface area contributed by atoms with Gasteiger partial charge in [0, 0.05) is 18.7 Å². The van der Waals surface area contributed by atoms with Crippen molar-refractivity contribution in [1.82, 2.24) is 9.55 Å². The van der Waals surface area contributed by atoms with Crippen molar-refractivity contribution >= 4 is 11.0 Å². The van der Waals surface area contributed by atoms with Crippen LogP contribution < -0.4 is 10.5 Å². The van der Waals surface area contributed by atoms with Gasteiger partial charge in [0.1, 0.15) is 11.6 Å². The van der Waals surface area contributed by atoms with Crippen LogP contribution in [0.4, 0.5) is 0 Å². The smallest absolute Gasteiger partial charge is 0.127 e. The number of nitrogens with two attached hydrogens (primary N) is 1. The summed E-state index contributed by atoms with van der Waals surface area (Å²) in [5.41, 5.74) is 8.02. The molecule has 0 fully saturated rings. The maximum atomic E-state index is 9.05. The summed E-state index contributed by atoms with van der Waals surface area (Å²) >= 11 is 0. The fraction of sp³-hybridized carbons (Fsp3) is 0.500. The van der Waals surface area contributed by atoms with E-state index in [9.17, 15) is 0 Å². The van der Waals surface area contributed by atoms with E-state index in [0.717, 1.165) is 22.6 Å². The lowest BCUT2D eigenvalue weighted by molar-refractivity contribution is 0.273. The molecule has 1 atom stereocenters. The Labute approximate surface area is 113 Å². The number of imidazole rings is 1. The Bertz CT molecular complexity index is 563. The van der Waals surface area contributed by atoms with E-state index in [2.05, 4.69) is 23.4 Å². The second-order valence-corrected chi connectivity index (χ2v) is 4.91. The predicted octanol–water partition coefficient (Wildman–Crippen LogP) is 2.01. The molecule has 5 heteroatoms. The molecule has 0 saturated heterocycles. The Kier molecular flexibility index (Phi) is 4.07. The van der Waals surface area contributed by atoms with E-state index in [1.54, 1.807) is 7.11 Å². The summed E-state index contributed by atoms with van der Waals surface area (Å²) in [4.78, 5) is 4.61. The van der Waals surface area contributed by atoms with Crippen LogP contribution in [0.3, 0.4) is 0 Å². The van der Waals surface area contributed by atoms with Gasteiger partial charge >= 0.3 is 0 Å². The number of ether oxygens (including phenoxy) is 1. The van der Waals surface area contributed by atoms with Crippen molar-refractivity contribution in [3.05, 3.63) is 24.0 Å². The molecule has 0 spiro atoms. The van der Waals surface area contributed by atoms with Gasteiger partial charge in [-0.05, 0) is 32.4 Å². The van der Waals surface area contributed by atoms with E-state index in [-0.39, 0.29) is 18.7 Å². The largest absolute Gasteiger partial charge is 0.497 e. The SMILES string of the molecule is COc1ccc2c(c1)nc(C(N)CCO)n2C(C)C. The highest BCUT2D eigenvalue weighted by Crippen LogP contribution is 2.27. The van der Waals surface area contributed by atoms with Crippen molar-refractivity contribution in [3.63, 3.8) is 0 Å². The Balaban J connectivity index is 2.58. The maximum absolute atomic E-state index is 9.05. The number of benzene rings is 1. The number of hydrogen-bond donors (Lipinski definition) is 2. The van der Waals surface area contributed by atoms with Crippen LogP contribution in [0.5, 0.6) is 5.75 Å². The van der Waals surface area contributed by atoms with Gasteiger partial charge < -0.3 is 20.1 Å². The van der Waals surface area contributed by atoms with E-state index in [1.807, 2.05) is 18.2 Å². The molecular formula is C14H21N3O2. The Hall–Kier alpha value is -1.59. The monoisotopic (exact) mass is 263 g/mol. The molecular weight excluding hydrogens is 242 g/mol. The van der Waals surface area contributed by atoms with Gasteiger partial charge in [0.25, 0.3) is 0 Å². The molecule has 1 unspecified atom stereocenters. The maximum Gasteiger partial charge on any atom is 0.127 e. The Morgan fingerprint density at radius 1 is 1.42 bits per heavy atom. The standard InChI is InChI=1S/C14H21N3O2/c1-9(2)17-13-5-4-10(19-3)8-12(13)16-14(17)11(15)6-7-18/h4-5,8-9,11,18H,6-7,15H2,1-3H3. The Morgan fingerprint density at radius 2 is 2.16 bits per heavy atom. The van der Waals surface area contributed by atoms with Crippen molar-refractivity contribution in [3.8, 4) is 5.75 Å². The summed E-state index contributed by atoms with van der Waals surface area (Å²) in [6, 6.07) is 5.83. The molecule has 2 aromatic rings. The second kappa shape index (κ2) is 5.59. The number of aliphatic hydroxyl groups excluding tert-OH is 1. The number of nitrogens with zero attached hydrogens (tertiary/aromatic N) is 2. The number of fused-ring (bicyclic) bond motifs is 1. The number of rotatable bonds is 5. The van der Waals surface area contributed by atoms with Crippen molar-refractivity contribution < 1.29 is 9.84 Å². The summed E-state index contributed by atoms with van der Waals surface area (Å²) in [5.74, 6) is 1.59. The van der Waals surface area contributed by atoms with E-state index in [1.165, 1.54) is 0 Å². The van der Waals surface area contributed by atoms with E-state index in [0.29, 0.717) is 6.42 Å². The normalized spacial score (nSPS) is 13.2. The quantitative estimate of drug-likeness (QED) is 0.865. The Morgan fingerprint density at radius 3 is 2.74 bits per heavy atom. The third-order valence-corrected chi connectivity index (χ3v) is 3.21. The molecule has 5 nitrogen and oxygen atoms in total. The highest BCUT2D eigenvalue weighted by atomic mass is 16.5. The number of aliphatic hydroxyl groups is 1. The molecule has 104 valence electrons. The van der Waals surface area contributed by atoms with E-state index >= 15 is 0 Å². The van der Waals surface area contributed by atoms with E-state index < -0.39 is 0 Å². The first-order chi connectivity index (χ1) is 9.08. The summed E-state index contributed by atoms with van der Waals surface area (Å²) in [6.07, 6.45) is 0.507. The average molecular weight is 263 g/mol. The van der Waals surface area contributed by atoms with Crippen LogP contribution in [-0.2, 0) is 0 Å². The topological polar surface area (TPSA) is 73.3 Å². The molecule has 0 aliphatic heterocycles. The van der Waals surface area contributed by atoms with Gasteiger partial charge in [0.05, 0.1) is 24.2 Å². The third kappa shape index (κ3) is 2.57. The minimum absolute atomic E-state index is 0.0613. The molecule has 2 rings (SSSR count). The van der Waals surface area contributed by atoms with Gasteiger partial charge in [-0.1, -0.05) is 0 Å². The molecule has 19 heavy (non-hydrogen) atoms. The minimum atomic E-state index is -0.259. The molecule has 1 heterocycles. The zero-order valence-corrected chi connectivity index (χ0v) is 11.6. The molecule has 3 N–H and O–H groups in total. The highest BCUT2D eigenvalue weighted by molar-refractivity contribution is 5.78. The summed E-state index contributed by atoms with van der Waals surface area (Å²) < 4.78 is 7.34. The molecule has 0 bridgehead atoms. The molecule has 1 aromatic heterocycles.